The number of hydrogen-bond acceptors (Lipinski definition) is 7. The van der Waals surface area contributed by atoms with Crippen LogP contribution in [0.15, 0.2) is 53.7 Å². The van der Waals surface area contributed by atoms with E-state index in [4.69, 9.17) is 9.57 Å². The molecule has 0 aromatic heterocycles. The van der Waals surface area contributed by atoms with E-state index in [1.807, 2.05) is 30.3 Å². The molecule has 0 saturated heterocycles. The molecule has 0 unspecified atom stereocenters. The van der Waals surface area contributed by atoms with E-state index < -0.39 is 16.7 Å². The summed E-state index contributed by atoms with van der Waals surface area (Å²) in [5.41, 5.74) is 0.995. The molecule has 0 bridgehead atoms. The number of methoxy groups -OCH3 is 1. The molecule has 0 heterocycles. The molecule has 0 aliphatic heterocycles. The summed E-state index contributed by atoms with van der Waals surface area (Å²) in [6.45, 7) is 0.00460. The van der Waals surface area contributed by atoms with Gasteiger partial charge >= 0.3 is 0 Å². The number of anilines is 1. The Hall–Kier alpha value is -3.95. The lowest BCUT2D eigenvalue weighted by molar-refractivity contribution is -0.384. The van der Waals surface area contributed by atoms with Crippen molar-refractivity contribution in [1.29, 1.82) is 0 Å². The normalized spacial score (nSPS) is 10.3. The van der Waals surface area contributed by atoms with E-state index in [1.165, 1.54) is 25.3 Å². The summed E-state index contributed by atoms with van der Waals surface area (Å²) in [6, 6.07) is 13.1. The number of nitrogens with zero attached hydrogens (tertiary/aromatic N) is 2. The summed E-state index contributed by atoms with van der Waals surface area (Å²) in [4.78, 5) is 38.4. The van der Waals surface area contributed by atoms with Gasteiger partial charge in [-0.25, -0.2) is 0 Å². The van der Waals surface area contributed by atoms with Gasteiger partial charge in [-0.1, -0.05) is 35.5 Å². The average Bonchev–Trinajstić information content (AvgIpc) is 2.70. The maximum atomic E-state index is 11.8. The molecule has 2 amide bonds. The van der Waals surface area contributed by atoms with Gasteiger partial charge in [0.25, 0.3) is 17.5 Å². The van der Waals surface area contributed by atoms with Crippen LogP contribution in [0.3, 0.4) is 0 Å². The molecule has 2 rings (SSSR count). The Kier molecular flexibility index (Phi) is 7.46. The number of ether oxygens (including phenoxy) is 1. The zero-order valence-electron chi connectivity index (χ0n) is 15.0. The van der Waals surface area contributed by atoms with Crippen LogP contribution >= 0.6 is 0 Å². The minimum absolute atomic E-state index is 0.122. The number of nitrogens with one attached hydrogen (secondary N) is 2. The Balaban J connectivity index is 1.77. The van der Waals surface area contributed by atoms with Crippen LogP contribution in [0, 0.1) is 10.1 Å². The maximum absolute atomic E-state index is 11.8. The highest BCUT2D eigenvalue weighted by molar-refractivity contribution is 6.31. The van der Waals surface area contributed by atoms with Gasteiger partial charge in [-0.05, 0) is 11.6 Å². The monoisotopic (exact) mass is 386 g/mol. The van der Waals surface area contributed by atoms with E-state index in [1.54, 1.807) is 0 Å². The van der Waals surface area contributed by atoms with Crippen molar-refractivity contribution in [1.82, 2.24) is 5.32 Å². The topological polar surface area (TPSA) is 132 Å². The lowest BCUT2D eigenvalue weighted by Gasteiger charge is -2.08. The fourth-order valence-electron chi connectivity index (χ4n) is 2.09. The van der Waals surface area contributed by atoms with Crippen molar-refractivity contribution in [3.8, 4) is 5.75 Å². The number of nitro benzene ring substituents is 1. The minimum Gasteiger partial charge on any atom is -0.494 e. The molecular weight excluding hydrogens is 368 g/mol. The molecular formula is C18H18N4O6. The van der Waals surface area contributed by atoms with Crippen molar-refractivity contribution >= 4 is 29.4 Å². The van der Waals surface area contributed by atoms with E-state index in [0.717, 1.165) is 11.8 Å². The van der Waals surface area contributed by atoms with Gasteiger partial charge in [0, 0.05) is 12.6 Å². The largest absolute Gasteiger partial charge is 0.494 e. The molecule has 28 heavy (non-hydrogen) atoms. The Morgan fingerprint density at radius 2 is 1.96 bits per heavy atom. The quantitative estimate of drug-likeness (QED) is 0.384. The molecule has 0 aliphatic carbocycles. The summed E-state index contributed by atoms with van der Waals surface area (Å²) in [7, 11) is 1.32. The van der Waals surface area contributed by atoms with Crippen LogP contribution < -0.4 is 15.4 Å². The van der Waals surface area contributed by atoms with Gasteiger partial charge in [-0.3, -0.25) is 19.7 Å². The fraction of sp³-hybridized carbons (Fsp3) is 0.167. The predicted molar refractivity (Wildman–Crippen MR) is 101 cm³/mol. The maximum Gasteiger partial charge on any atom is 0.273 e. The first-order chi connectivity index (χ1) is 13.5. The van der Waals surface area contributed by atoms with Crippen LogP contribution in [0.4, 0.5) is 11.4 Å². The number of carbonyl (C=O) groups excluding carboxylic acids is 2. The predicted octanol–water partition coefficient (Wildman–Crippen LogP) is 1.86. The summed E-state index contributed by atoms with van der Waals surface area (Å²) < 4.78 is 5.01. The second-order valence-corrected chi connectivity index (χ2v) is 5.40. The molecule has 0 fully saturated rings. The number of rotatable bonds is 9. The molecule has 10 heteroatoms. The first kappa shape index (κ1) is 20.4. The van der Waals surface area contributed by atoms with E-state index in [2.05, 4.69) is 15.8 Å². The third-order valence-electron chi connectivity index (χ3n) is 3.43. The number of oxime groups is 1. The molecule has 10 nitrogen and oxygen atoms in total. The molecule has 0 saturated carbocycles. The number of benzene rings is 2. The van der Waals surface area contributed by atoms with E-state index >= 15 is 0 Å². The van der Waals surface area contributed by atoms with Crippen molar-refractivity contribution in [2.24, 2.45) is 5.16 Å². The first-order valence-electron chi connectivity index (χ1n) is 8.09. The zero-order valence-corrected chi connectivity index (χ0v) is 15.0. The Labute approximate surface area is 160 Å². The Bertz CT molecular complexity index is 870. The van der Waals surface area contributed by atoms with Gasteiger partial charge in [0.15, 0.2) is 6.61 Å². The standard InChI is InChI=1S/C18H18N4O6/c1-27-16-9-14(22(25)26)7-8-15(16)21-17(23)11-20-28-12-18(24)19-10-13-5-3-2-4-6-13/h2-9,11H,10,12H2,1H3,(H,19,24)(H,21,23)/b20-11-. The fourth-order valence-corrected chi connectivity index (χ4v) is 2.09. The van der Waals surface area contributed by atoms with Gasteiger partial charge in [0.1, 0.15) is 12.0 Å². The van der Waals surface area contributed by atoms with E-state index in [0.29, 0.717) is 6.54 Å². The number of nitro groups is 1. The summed E-state index contributed by atoms with van der Waals surface area (Å²) in [6.07, 6.45) is 0.839. The number of amides is 2. The third-order valence-corrected chi connectivity index (χ3v) is 3.43. The van der Waals surface area contributed by atoms with Crippen molar-refractivity contribution in [3.63, 3.8) is 0 Å². The van der Waals surface area contributed by atoms with E-state index in [9.17, 15) is 19.7 Å². The van der Waals surface area contributed by atoms with Gasteiger partial charge in [0.2, 0.25) is 0 Å². The van der Waals surface area contributed by atoms with Gasteiger partial charge in [-0.15, -0.1) is 0 Å². The highest BCUT2D eigenvalue weighted by atomic mass is 16.6. The molecule has 0 aliphatic rings. The second-order valence-electron chi connectivity index (χ2n) is 5.40. The smallest absolute Gasteiger partial charge is 0.273 e. The van der Waals surface area contributed by atoms with Crippen LogP contribution in [-0.2, 0) is 21.0 Å². The van der Waals surface area contributed by atoms with Crippen LogP contribution in [-0.4, -0.2) is 36.7 Å². The molecule has 146 valence electrons. The first-order valence-corrected chi connectivity index (χ1v) is 8.09. The number of hydrogen-bond donors (Lipinski definition) is 2. The average molecular weight is 386 g/mol. The minimum atomic E-state index is -0.656. The molecule has 0 radical (unpaired) electrons. The summed E-state index contributed by atoms with van der Waals surface area (Å²) in [5.74, 6) is -0.924. The number of carbonyl (C=O) groups is 2. The van der Waals surface area contributed by atoms with Crippen molar-refractivity contribution in [2.75, 3.05) is 19.0 Å². The summed E-state index contributed by atoms with van der Waals surface area (Å²) in [5, 5.41) is 19.3. The van der Waals surface area contributed by atoms with Crippen molar-refractivity contribution in [2.45, 2.75) is 6.54 Å². The van der Waals surface area contributed by atoms with Gasteiger partial charge in [-0.2, -0.15) is 0 Å². The van der Waals surface area contributed by atoms with E-state index in [-0.39, 0.29) is 23.7 Å². The van der Waals surface area contributed by atoms with Crippen molar-refractivity contribution in [3.05, 3.63) is 64.2 Å². The lowest BCUT2D eigenvalue weighted by Crippen LogP contribution is -2.26. The Morgan fingerprint density at radius 3 is 2.64 bits per heavy atom. The highest BCUT2D eigenvalue weighted by Crippen LogP contribution is 2.28. The molecule has 2 aromatic rings. The second kappa shape index (κ2) is 10.3. The van der Waals surface area contributed by atoms with Gasteiger partial charge in [0.05, 0.1) is 23.8 Å². The lowest BCUT2D eigenvalue weighted by atomic mass is 10.2. The SMILES string of the molecule is COc1cc([N+](=O)[O-])ccc1NC(=O)/C=N\OCC(=O)NCc1ccccc1. The molecule has 2 aromatic carbocycles. The van der Waals surface area contributed by atoms with Crippen LogP contribution in [0.25, 0.3) is 0 Å². The van der Waals surface area contributed by atoms with Crippen LogP contribution in [0.5, 0.6) is 5.75 Å². The van der Waals surface area contributed by atoms with Crippen LogP contribution in [0.2, 0.25) is 0 Å². The molecule has 2 N–H and O–H groups in total. The zero-order chi connectivity index (χ0) is 20.4. The van der Waals surface area contributed by atoms with Crippen LogP contribution in [0.1, 0.15) is 5.56 Å². The molecule has 0 atom stereocenters. The highest BCUT2D eigenvalue weighted by Gasteiger charge is 2.12. The third kappa shape index (κ3) is 6.41. The van der Waals surface area contributed by atoms with Crippen molar-refractivity contribution < 1.29 is 24.1 Å². The number of non-ortho nitro benzene ring substituents is 1. The summed E-state index contributed by atoms with van der Waals surface area (Å²) >= 11 is 0. The van der Waals surface area contributed by atoms with Gasteiger partial charge < -0.3 is 20.2 Å². The molecule has 0 spiro atoms. The Morgan fingerprint density at radius 1 is 1.21 bits per heavy atom.